The van der Waals surface area contributed by atoms with Crippen molar-refractivity contribution in [2.24, 2.45) is 5.10 Å². The number of nitrogens with one attached hydrogen (secondary N) is 1. The van der Waals surface area contributed by atoms with E-state index in [0.717, 1.165) is 0 Å². The first-order valence-electron chi connectivity index (χ1n) is 8.32. The van der Waals surface area contributed by atoms with E-state index < -0.39 is 15.8 Å². The molecule has 0 saturated carbocycles. The summed E-state index contributed by atoms with van der Waals surface area (Å²) in [6.07, 6.45) is 1.31. The van der Waals surface area contributed by atoms with Gasteiger partial charge in [-0.15, -0.1) is 0 Å². The zero-order valence-electron chi connectivity index (χ0n) is 14.8. The van der Waals surface area contributed by atoms with Gasteiger partial charge in [0.2, 0.25) is 5.91 Å². The van der Waals surface area contributed by atoms with Gasteiger partial charge in [0.15, 0.2) is 0 Å². The van der Waals surface area contributed by atoms with Crippen LogP contribution >= 0.6 is 0 Å². The van der Waals surface area contributed by atoms with Crippen LogP contribution in [0.3, 0.4) is 0 Å². The van der Waals surface area contributed by atoms with Crippen LogP contribution in [0.5, 0.6) is 0 Å². The summed E-state index contributed by atoms with van der Waals surface area (Å²) in [5.74, 6) is 0.370. The largest absolute Gasteiger partial charge is 0.455 e. The molecule has 3 aromatic rings. The maximum Gasteiger partial charge on any atom is 0.270 e. The second kappa shape index (κ2) is 8.57. The molecular weight excluding hydrogens is 380 g/mol. The summed E-state index contributed by atoms with van der Waals surface area (Å²) in [6.45, 7) is 0. The number of rotatable bonds is 7. The maximum atomic E-state index is 11.9. The molecule has 29 heavy (non-hydrogen) atoms. The molecule has 1 N–H and O–H groups in total. The summed E-state index contributed by atoms with van der Waals surface area (Å²) in [7, 11) is 0. The number of carbonyl (C=O) groups excluding carboxylic acids is 1. The number of nitrogens with zero attached hydrogens (tertiary/aromatic N) is 3. The monoisotopic (exact) mass is 394 g/mol. The summed E-state index contributed by atoms with van der Waals surface area (Å²) in [6, 6.07) is 14.9. The molecule has 0 unspecified atom stereocenters. The van der Waals surface area contributed by atoms with E-state index in [4.69, 9.17) is 4.42 Å². The normalized spacial score (nSPS) is 10.8. The predicted molar refractivity (Wildman–Crippen MR) is 103 cm³/mol. The van der Waals surface area contributed by atoms with Crippen LogP contribution in [0.2, 0.25) is 0 Å². The molecule has 0 saturated heterocycles. The van der Waals surface area contributed by atoms with Crippen molar-refractivity contribution in [3.05, 3.63) is 92.2 Å². The van der Waals surface area contributed by atoms with E-state index in [1.54, 1.807) is 24.3 Å². The number of benzene rings is 2. The van der Waals surface area contributed by atoms with Crippen molar-refractivity contribution in [2.45, 2.75) is 6.42 Å². The van der Waals surface area contributed by atoms with Gasteiger partial charge in [-0.2, -0.15) is 5.10 Å². The van der Waals surface area contributed by atoms with Crippen LogP contribution in [0.15, 0.2) is 70.2 Å². The smallest absolute Gasteiger partial charge is 0.270 e. The zero-order valence-corrected chi connectivity index (χ0v) is 14.8. The minimum atomic E-state index is -0.514. The standard InChI is InChI=1S/C19H14N4O6/c24-19(10-13-4-6-15(7-5-13)22(25)26)21-20-12-17-8-9-18(29-17)14-2-1-3-16(11-14)23(27)28/h1-9,11-12H,10H2,(H,21,24)/b20-12-. The molecule has 0 spiro atoms. The summed E-state index contributed by atoms with van der Waals surface area (Å²) in [5.41, 5.74) is 3.39. The number of nitro groups is 2. The van der Waals surface area contributed by atoms with Gasteiger partial charge in [-0.3, -0.25) is 25.0 Å². The van der Waals surface area contributed by atoms with E-state index in [1.807, 2.05) is 0 Å². The molecule has 0 aliphatic rings. The van der Waals surface area contributed by atoms with Crippen LogP contribution in [-0.4, -0.2) is 22.0 Å². The average Bonchev–Trinajstić information content (AvgIpc) is 3.17. The summed E-state index contributed by atoms with van der Waals surface area (Å²) in [5, 5.41) is 25.3. The summed E-state index contributed by atoms with van der Waals surface area (Å²) >= 11 is 0. The fourth-order valence-corrected chi connectivity index (χ4v) is 2.48. The minimum Gasteiger partial charge on any atom is -0.455 e. The van der Waals surface area contributed by atoms with Gasteiger partial charge < -0.3 is 4.42 Å². The number of nitro benzene ring substituents is 2. The first-order chi connectivity index (χ1) is 13.9. The Morgan fingerprint density at radius 3 is 2.41 bits per heavy atom. The molecule has 0 radical (unpaired) electrons. The average molecular weight is 394 g/mol. The molecule has 10 heteroatoms. The Balaban J connectivity index is 1.58. The summed E-state index contributed by atoms with van der Waals surface area (Å²) < 4.78 is 5.55. The van der Waals surface area contributed by atoms with Crippen LogP contribution in [0.4, 0.5) is 11.4 Å². The lowest BCUT2D eigenvalue weighted by Crippen LogP contribution is -2.19. The zero-order chi connectivity index (χ0) is 20.8. The third kappa shape index (κ3) is 5.10. The van der Waals surface area contributed by atoms with Crippen molar-refractivity contribution in [3.63, 3.8) is 0 Å². The van der Waals surface area contributed by atoms with Gasteiger partial charge in [-0.1, -0.05) is 24.3 Å². The lowest BCUT2D eigenvalue weighted by Gasteiger charge is -2.00. The molecule has 3 rings (SSSR count). The SMILES string of the molecule is O=C(Cc1ccc([N+](=O)[O-])cc1)N/N=C\c1ccc(-c2cccc([N+](=O)[O-])c2)o1. The van der Waals surface area contributed by atoms with Crippen LogP contribution in [-0.2, 0) is 11.2 Å². The van der Waals surface area contributed by atoms with Crippen LogP contribution in [0, 0.1) is 20.2 Å². The second-order valence-corrected chi connectivity index (χ2v) is 5.90. The molecule has 1 amide bonds. The molecule has 146 valence electrons. The second-order valence-electron chi connectivity index (χ2n) is 5.90. The minimum absolute atomic E-state index is 0.00637. The van der Waals surface area contributed by atoms with Crippen molar-refractivity contribution in [2.75, 3.05) is 0 Å². The maximum absolute atomic E-state index is 11.9. The Morgan fingerprint density at radius 1 is 1.00 bits per heavy atom. The number of hydrazone groups is 1. The van der Waals surface area contributed by atoms with E-state index >= 15 is 0 Å². The van der Waals surface area contributed by atoms with E-state index in [0.29, 0.717) is 22.6 Å². The number of furan rings is 1. The van der Waals surface area contributed by atoms with E-state index in [2.05, 4.69) is 10.5 Å². The Kier molecular flexibility index (Phi) is 5.74. The number of hydrogen-bond acceptors (Lipinski definition) is 7. The van der Waals surface area contributed by atoms with E-state index in [1.165, 1.54) is 42.6 Å². The van der Waals surface area contributed by atoms with Gasteiger partial charge in [0, 0.05) is 29.8 Å². The van der Waals surface area contributed by atoms with E-state index in [9.17, 15) is 25.0 Å². The summed E-state index contributed by atoms with van der Waals surface area (Å²) in [4.78, 5) is 32.4. The number of non-ortho nitro benzene ring substituents is 2. The Labute approximate surface area is 163 Å². The highest BCUT2D eigenvalue weighted by atomic mass is 16.6. The first-order valence-corrected chi connectivity index (χ1v) is 8.32. The van der Waals surface area contributed by atoms with Crippen molar-refractivity contribution < 1.29 is 19.1 Å². The van der Waals surface area contributed by atoms with Crippen molar-refractivity contribution in [1.82, 2.24) is 5.43 Å². The molecule has 0 aliphatic heterocycles. The van der Waals surface area contributed by atoms with Crippen molar-refractivity contribution >= 4 is 23.5 Å². The Bertz CT molecular complexity index is 1090. The third-order valence-electron chi connectivity index (χ3n) is 3.86. The molecule has 0 atom stereocenters. The third-order valence-corrected chi connectivity index (χ3v) is 3.86. The number of carbonyl (C=O) groups is 1. The van der Waals surface area contributed by atoms with Gasteiger partial charge in [0.1, 0.15) is 11.5 Å². The number of hydrogen-bond donors (Lipinski definition) is 1. The van der Waals surface area contributed by atoms with Gasteiger partial charge >= 0.3 is 0 Å². The predicted octanol–water partition coefficient (Wildman–Crippen LogP) is 3.46. The quantitative estimate of drug-likeness (QED) is 0.369. The highest BCUT2D eigenvalue weighted by molar-refractivity contribution is 5.82. The van der Waals surface area contributed by atoms with Gasteiger partial charge in [-0.25, -0.2) is 5.43 Å². The van der Waals surface area contributed by atoms with Crippen molar-refractivity contribution in [1.29, 1.82) is 0 Å². The fourth-order valence-electron chi connectivity index (χ4n) is 2.48. The lowest BCUT2D eigenvalue weighted by atomic mass is 10.1. The van der Waals surface area contributed by atoms with Crippen molar-refractivity contribution in [3.8, 4) is 11.3 Å². The molecule has 0 fully saturated rings. The van der Waals surface area contributed by atoms with E-state index in [-0.39, 0.29) is 17.8 Å². The van der Waals surface area contributed by atoms with Gasteiger partial charge in [-0.05, 0) is 17.7 Å². The molecule has 10 nitrogen and oxygen atoms in total. The molecule has 0 bridgehead atoms. The Hall–Kier alpha value is -4.34. The molecule has 0 aliphatic carbocycles. The fraction of sp³-hybridized carbons (Fsp3) is 0.0526. The highest BCUT2D eigenvalue weighted by Gasteiger charge is 2.10. The lowest BCUT2D eigenvalue weighted by molar-refractivity contribution is -0.385. The molecule has 2 aromatic carbocycles. The topological polar surface area (TPSA) is 141 Å². The molecule has 1 aromatic heterocycles. The molecular formula is C19H14N4O6. The Morgan fingerprint density at radius 2 is 1.72 bits per heavy atom. The van der Waals surface area contributed by atoms with Gasteiger partial charge in [0.25, 0.3) is 11.4 Å². The van der Waals surface area contributed by atoms with Gasteiger partial charge in [0.05, 0.1) is 22.5 Å². The molecule has 1 heterocycles. The van der Waals surface area contributed by atoms with Crippen LogP contribution < -0.4 is 5.43 Å². The first kappa shape index (κ1) is 19.4. The van der Waals surface area contributed by atoms with Crippen LogP contribution in [0.25, 0.3) is 11.3 Å². The van der Waals surface area contributed by atoms with Crippen LogP contribution in [0.1, 0.15) is 11.3 Å². The highest BCUT2D eigenvalue weighted by Crippen LogP contribution is 2.25. The number of amides is 1.